The number of H-pyrrole nitrogens is 1. The molecule has 636 valence electrons. The molecule has 6 aromatic carbocycles. The first-order valence-corrected chi connectivity index (χ1v) is 40.6. The lowest BCUT2D eigenvalue weighted by Crippen LogP contribution is -2.39. The highest BCUT2D eigenvalue weighted by molar-refractivity contribution is 7.96. The van der Waals surface area contributed by atoms with Crippen LogP contribution in [0.5, 0.6) is 34.5 Å². The third-order valence-electron chi connectivity index (χ3n) is 18.2. The number of nitrogens with zero attached hydrogens (tertiary/aromatic N) is 5. The van der Waals surface area contributed by atoms with Crippen molar-refractivity contribution < 1.29 is 82.5 Å². The number of pyridine rings is 3. The van der Waals surface area contributed by atoms with Crippen molar-refractivity contribution in [2.45, 2.75) is 109 Å². The monoisotopic (exact) mass is 1710 g/mol. The van der Waals surface area contributed by atoms with Gasteiger partial charge in [-0.2, -0.15) is 5.26 Å². The summed E-state index contributed by atoms with van der Waals surface area (Å²) in [4.78, 5) is 112. The summed E-state index contributed by atoms with van der Waals surface area (Å²) in [5, 5.41) is 25.7. The second kappa shape index (κ2) is 45.0. The summed E-state index contributed by atoms with van der Waals surface area (Å²) in [6, 6.07) is 36.9. The van der Waals surface area contributed by atoms with Gasteiger partial charge in [-0.1, -0.05) is 67.5 Å². The van der Waals surface area contributed by atoms with Gasteiger partial charge in [0.15, 0.2) is 44.5 Å². The molecule has 34 heteroatoms. The third kappa shape index (κ3) is 29.7. The Morgan fingerprint density at radius 1 is 0.566 bits per heavy atom. The number of aryl methyl sites for hydroxylation is 3. The zero-order valence-electron chi connectivity index (χ0n) is 66.5. The Kier molecular flexibility index (Phi) is 34.0. The first-order valence-electron chi connectivity index (χ1n) is 38.3. The Balaban J connectivity index is 0.000000208. The van der Waals surface area contributed by atoms with Crippen molar-refractivity contribution in [1.29, 1.82) is 5.26 Å². The standard InChI is InChI=1S/C30H34F2N4O5S.C29H25F2N5O4S.C29H28F2N4O4/c1-20(42(39,40)30(2,3)4)19-33-14-5-6-23-17-25(13-15-34-23)41-27-12-11-24(18-26(27)32)35-29(38)36-28(37)16-21-7-9-22(31)10-8-21;30-19-8-6-18(7-9-19)14-27(37)35-29(39)34-21-10-11-25(24(31)16-21)40-22-12-13-33-20(15-22)4-2-1-3-5-26-23(17-32)28(38)36-41-26;1-2-28(37)35-13-3-4-20(18-35)14-23-16-24(11-12-32-23)39-26-10-9-22(17-25(26)31)33-29(38)34-27(36)15-19-5-7-21(30)8-6-19/h7-13,15,17-18,33H,1,5-6,14,16,19H2,2-4H3,(H2,35,36,37,38);6-13,15-16H,1-5,14H2,(H,36,38)(H2,34,35,37,39);2,5-12,16-17,20H,1,3-4,13-15,18H2,(H2,33,34,36,38). The summed E-state index contributed by atoms with van der Waals surface area (Å²) in [5.74, 6) is -4.12. The predicted octanol–water partition coefficient (Wildman–Crippen LogP) is 15.9. The van der Waals surface area contributed by atoms with Gasteiger partial charge in [0.2, 0.25) is 23.6 Å². The minimum atomic E-state index is -3.44. The molecule has 1 aliphatic rings. The molecule has 8 N–H and O–H groups in total. The number of sulfone groups is 1. The highest BCUT2D eigenvalue weighted by Gasteiger charge is 2.32. The van der Waals surface area contributed by atoms with Crippen LogP contribution in [0.25, 0.3) is 0 Å². The fourth-order valence-corrected chi connectivity index (χ4v) is 14.0. The molecule has 0 saturated carbocycles. The van der Waals surface area contributed by atoms with Gasteiger partial charge in [-0.05, 0) is 205 Å². The lowest BCUT2D eigenvalue weighted by Gasteiger charge is -2.32. The van der Waals surface area contributed by atoms with Crippen LogP contribution in [-0.4, -0.2) is 105 Å². The Labute approximate surface area is 703 Å². The second-order valence-corrected chi connectivity index (χ2v) is 32.5. The van der Waals surface area contributed by atoms with Gasteiger partial charge in [0, 0.05) is 114 Å². The molecule has 1 atom stereocenters. The first kappa shape index (κ1) is 92.2. The maximum absolute atomic E-state index is 14.7. The van der Waals surface area contributed by atoms with Crippen LogP contribution in [0.1, 0.15) is 104 Å². The van der Waals surface area contributed by atoms with Gasteiger partial charge in [0.05, 0.1) is 28.9 Å². The number of piperidine rings is 1. The van der Waals surface area contributed by atoms with E-state index in [1.165, 1.54) is 133 Å². The number of carbonyl (C=O) groups is 7. The number of urea groups is 3. The van der Waals surface area contributed by atoms with Crippen molar-refractivity contribution in [3.8, 4) is 40.6 Å². The molecule has 1 fully saturated rings. The van der Waals surface area contributed by atoms with E-state index in [9.17, 15) is 73.1 Å². The van der Waals surface area contributed by atoms with Crippen molar-refractivity contribution in [2.24, 2.45) is 5.92 Å². The predicted molar refractivity (Wildman–Crippen MR) is 447 cm³/mol. The van der Waals surface area contributed by atoms with E-state index >= 15 is 0 Å². The van der Waals surface area contributed by atoms with Crippen LogP contribution in [0.15, 0.2) is 211 Å². The number of ether oxygens (including phenoxy) is 3. The zero-order valence-corrected chi connectivity index (χ0v) is 68.2. The fourth-order valence-electron chi connectivity index (χ4n) is 12.1. The highest BCUT2D eigenvalue weighted by Crippen LogP contribution is 2.32. The van der Waals surface area contributed by atoms with Crippen LogP contribution >= 0.6 is 11.5 Å². The minimum absolute atomic E-state index is 0.0501. The average molecular weight is 1710 g/mol. The first-order chi connectivity index (χ1) is 58.3. The van der Waals surface area contributed by atoms with Gasteiger partial charge in [-0.25, -0.2) is 49.1 Å². The number of anilines is 3. The lowest BCUT2D eigenvalue weighted by atomic mass is 9.93. The number of unbranched alkanes of at least 4 members (excludes halogenated alkanes) is 2. The van der Waals surface area contributed by atoms with Gasteiger partial charge in [0.25, 0.3) is 5.56 Å². The number of likely N-dealkylation sites (tertiary alicyclic amines) is 1. The molecule has 122 heavy (non-hydrogen) atoms. The molecule has 10 amide bonds. The molecule has 1 unspecified atom stereocenters. The summed E-state index contributed by atoms with van der Waals surface area (Å²) in [6.45, 7) is 14.2. The lowest BCUT2D eigenvalue weighted by molar-refractivity contribution is -0.127. The molecular formula is C88H87F6N13O13S2. The van der Waals surface area contributed by atoms with Crippen molar-refractivity contribution in [2.75, 3.05) is 42.1 Å². The van der Waals surface area contributed by atoms with Gasteiger partial charge in [0.1, 0.15) is 46.3 Å². The molecule has 4 aromatic heterocycles. The zero-order chi connectivity index (χ0) is 87.9. The molecule has 0 aliphatic carbocycles. The van der Waals surface area contributed by atoms with E-state index in [1.807, 2.05) is 6.07 Å². The summed E-state index contributed by atoms with van der Waals surface area (Å²) < 4.78 is 127. The Morgan fingerprint density at radius 2 is 0.967 bits per heavy atom. The number of nitrogens with one attached hydrogen (secondary N) is 8. The van der Waals surface area contributed by atoms with Gasteiger partial charge in [-0.15, -0.1) is 0 Å². The molecule has 11 rings (SSSR count). The van der Waals surface area contributed by atoms with Gasteiger partial charge in [-0.3, -0.25) is 59.2 Å². The number of imide groups is 3. The van der Waals surface area contributed by atoms with Gasteiger partial charge >= 0.3 is 18.1 Å². The van der Waals surface area contributed by atoms with Crippen molar-refractivity contribution >= 4 is 80.2 Å². The smallest absolute Gasteiger partial charge is 0.325 e. The summed E-state index contributed by atoms with van der Waals surface area (Å²) in [6.07, 6.45) is 13.3. The van der Waals surface area contributed by atoms with Crippen LogP contribution in [-0.2, 0) is 74.0 Å². The number of hydrogen-bond donors (Lipinski definition) is 8. The number of hydrogen-bond acceptors (Lipinski definition) is 19. The number of benzene rings is 6. The van der Waals surface area contributed by atoms with E-state index in [-0.39, 0.29) is 88.0 Å². The number of amides is 10. The largest absolute Gasteiger partial charge is 0.454 e. The van der Waals surface area contributed by atoms with Crippen molar-refractivity contribution in [3.63, 3.8) is 0 Å². The molecule has 0 spiro atoms. The number of aromatic amines is 1. The van der Waals surface area contributed by atoms with Crippen LogP contribution in [0, 0.1) is 52.2 Å². The Hall–Kier alpha value is -13.7. The molecule has 5 heterocycles. The number of nitriles is 1. The van der Waals surface area contributed by atoms with Crippen LogP contribution in [0.3, 0.4) is 0 Å². The topological polar surface area (TPSA) is 364 Å². The molecule has 0 bridgehead atoms. The van der Waals surface area contributed by atoms with Crippen LogP contribution in [0.2, 0.25) is 0 Å². The summed E-state index contributed by atoms with van der Waals surface area (Å²) >= 11 is 1.20. The van der Waals surface area contributed by atoms with E-state index in [0.717, 1.165) is 73.1 Å². The van der Waals surface area contributed by atoms with Crippen molar-refractivity contribution in [3.05, 3.63) is 296 Å². The third-order valence-corrected chi connectivity index (χ3v) is 21.7. The quantitative estimate of drug-likeness (QED) is 0.0114. The van der Waals surface area contributed by atoms with E-state index < -0.39 is 85.3 Å². The van der Waals surface area contributed by atoms with Gasteiger partial charge < -0.3 is 40.4 Å². The number of halogens is 6. The van der Waals surface area contributed by atoms with Crippen molar-refractivity contribution in [1.82, 2.24) is 45.5 Å². The molecule has 26 nitrogen and oxygen atoms in total. The van der Waals surface area contributed by atoms with E-state index in [4.69, 9.17) is 19.5 Å². The SMILES string of the molecule is C=C(CNCCCc1cc(Oc2ccc(NC(=O)NC(=O)Cc3ccc(F)cc3)cc2F)ccn1)S(=O)(=O)C(C)(C)C.C=CC(=O)N1CCCC(Cc2cc(Oc3ccc(NC(=O)NC(=O)Cc4ccc(F)cc4)cc3F)ccn2)C1.N#Cc1c(CCCCCc2cc(Oc3ccc(NC(=O)NC(=O)Cc4ccc(F)cc4)cc3F)ccn2)s[nH]c1=O. The van der Waals surface area contributed by atoms with E-state index in [2.05, 4.69) is 69.7 Å². The maximum atomic E-state index is 14.7. The Bertz CT molecular complexity index is 5610. The molecule has 1 aliphatic heterocycles. The second-order valence-electron chi connectivity index (χ2n) is 28.7. The minimum Gasteiger partial charge on any atom is -0.454 e. The molecule has 10 aromatic rings. The average Bonchev–Trinajstić information content (AvgIpc) is 0.956. The number of carbonyl (C=O) groups excluding carboxylic acids is 7. The number of aromatic nitrogens is 4. The highest BCUT2D eigenvalue weighted by atomic mass is 32.2. The molecule has 1 saturated heterocycles. The summed E-state index contributed by atoms with van der Waals surface area (Å²) in [7, 11) is -3.44. The molecular weight excluding hydrogens is 1630 g/mol. The van der Waals surface area contributed by atoms with Crippen LogP contribution < -0.4 is 57.0 Å². The summed E-state index contributed by atoms with van der Waals surface area (Å²) in [5.41, 5.74) is 4.04. The number of rotatable bonds is 31. The Morgan fingerprint density at radius 3 is 1.37 bits per heavy atom. The van der Waals surface area contributed by atoms with E-state index in [1.54, 1.807) is 74.5 Å². The molecule has 0 radical (unpaired) electrons. The van der Waals surface area contributed by atoms with E-state index in [0.29, 0.717) is 84.8 Å². The van der Waals surface area contributed by atoms with Crippen LogP contribution in [0.4, 0.5) is 57.8 Å². The fraction of sp³-hybridized carbons (Fsp3) is 0.250. The maximum Gasteiger partial charge on any atom is 0.325 e. The normalized spacial score (nSPS) is 12.3.